The molecule has 21 heavy (non-hydrogen) atoms. The Morgan fingerprint density at radius 1 is 1.33 bits per heavy atom. The highest BCUT2D eigenvalue weighted by molar-refractivity contribution is 5.94. The average Bonchev–Trinajstić information content (AvgIpc) is 2.44. The van der Waals surface area contributed by atoms with Gasteiger partial charge < -0.3 is 14.8 Å². The van der Waals surface area contributed by atoms with Gasteiger partial charge >= 0.3 is 6.03 Å². The van der Waals surface area contributed by atoms with E-state index in [4.69, 9.17) is 9.47 Å². The van der Waals surface area contributed by atoms with Crippen LogP contribution < -0.4 is 20.1 Å². The number of nitro groups is 1. The van der Waals surface area contributed by atoms with Crippen molar-refractivity contribution in [2.24, 2.45) is 0 Å². The normalized spacial score (nSPS) is 9.62. The molecule has 0 fully saturated rings. The van der Waals surface area contributed by atoms with Crippen LogP contribution in [0.15, 0.2) is 18.2 Å². The van der Waals surface area contributed by atoms with Crippen molar-refractivity contribution in [3.8, 4) is 11.5 Å². The van der Waals surface area contributed by atoms with Crippen molar-refractivity contribution >= 4 is 17.6 Å². The molecule has 0 atom stereocenters. The summed E-state index contributed by atoms with van der Waals surface area (Å²) in [5.41, 5.74) is -0.199. The highest BCUT2D eigenvalue weighted by Gasteiger charge is 2.14. The summed E-state index contributed by atoms with van der Waals surface area (Å²) in [6.45, 7) is 1.60. The van der Waals surface area contributed by atoms with Gasteiger partial charge in [-0.25, -0.2) is 4.79 Å². The molecule has 114 valence electrons. The first kappa shape index (κ1) is 16.2. The lowest BCUT2D eigenvalue weighted by Gasteiger charge is -2.10. The summed E-state index contributed by atoms with van der Waals surface area (Å²) in [6.07, 6.45) is 0. The van der Waals surface area contributed by atoms with E-state index in [0.29, 0.717) is 6.54 Å². The molecule has 2 N–H and O–H groups in total. The topological polar surface area (TPSA) is 120 Å². The molecular formula is C12H15N3O6. The van der Waals surface area contributed by atoms with Gasteiger partial charge in [-0.2, -0.15) is 0 Å². The summed E-state index contributed by atoms with van der Waals surface area (Å²) in [6, 6.07) is 3.10. The summed E-state index contributed by atoms with van der Waals surface area (Å²) in [5, 5.41) is 15.1. The molecule has 9 nitrogen and oxygen atoms in total. The van der Waals surface area contributed by atoms with Crippen LogP contribution in [0.2, 0.25) is 0 Å². The van der Waals surface area contributed by atoms with Crippen LogP contribution in [0.3, 0.4) is 0 Å². The van der Waals surface area contributed by atoms with Crippen LogP contribution in [-0.4, -0.2) is 37.1 Å². The average molecular weight is 297 g/mol. The lowest BCUT2D eigenvalue weighted by atomic mass is 10.3. The number of carbonyl (C=O) groups excluding carboxylic acids is 2. The Bertz CT molecular complexity index is 546. The van der Waals surface area contributed by atoms with E-state index in [0.717, 1.165) is 6.07 Å². The number of nitrogens with zero attached hydrogens (tertiary/aromatic N) is 1. The molecule has 0 unspecified atom stereocenters. The Kier molecular flexibility index (Phi) is 5.93. The van der Waals surface area contributed by atoms with Crippen molar-refractivity contribution in [2.45, 2.75) is 6.92 Å². The van der Waals surface area contributed by atoms with Crippen molar-refractivity contribution in [1.82, 2.24) is 10.6 Å². The number of imide groups is 1. The van der Waals surface area contributed by atoms with Gasteiger partial charge in [-0.05, 0) is 13.0 Å². The molecule has 1 aromatic carbocycles. The zero-order valence-electron chi connectivity index (χ0n) is 11.5. The number of rotatable bonds is 6. The van der Waals surface area contributed by atoms with Crippen LogP contribution in [-0.2, 0) is 4.79 Å². The second kappa shape index (κ2) is 7.68. The van der Waals surface area contributed by atoms with Gasteiger partial charge in [0, 0.05) is 12.6 Å². The molecule has 1 rings (SSSR count). The van der Waals surface area contributed by atoms with Crippen LogP contribution in [0, 0.1) is 10.1 Å². The van der Waals surface area contributed by atoms with Gasteiger partial charge in [0.15, 0.2) is 18.1 Å². The van der Waals surface area contributed by atoms with Crippen LogP contribution in [0.25, 0.3) is 0 Å². The second-order valence-electron chi connectivity index (χ2n) is 3.79. The van der Waals surface area contributed by atoms with E-state index in [1.54, 1.807) is 6.92 Å². The number of benzene rings is 1. The van der Waals surface area contributed by atoms with E-state index in [2.05, 4.69) is 5.32 Å². The smallest absolute Gasteiger partial charge is 0.321 e. The molecule has 0 saturated heterocycles. The molecule has 1 aromatic rings. The molecule has 3 amide bonds. The van der Waals surface area contributed by atoms with E-state index in [1.807, 2.05) is 5.32 Å². The zero-order valence-corrected chi connectivity index (χ0v) is 11.5. The first-order valence-electron chi connectivity index (χ1n) is 6.00. The highest BCUT2D eigenvalue weighted by atomic mass is 16.6. The molecule has 0 radical (unpaired) electrons. The summed E-state index contributed by atoms with van der Waals surface area (Å²) < 4.78 is 10.1. The molecular weight excluding hydrogens is 282 g/mol. The number of methoxy groups -OCH3 is 1. The Morgan fingerprint density at radius 2 is 2.05 bits per heavy atom. The number of carbonyl (C=O) groups is 2. The minimum Gasteiger partial charge on any atom is -0.493 e. The Labute approximate surface area is 120 Å². The Hall–Kier alpha value is -2.84. The number of amides is 3. The van der Waals surface area contributed by atoms with E-state index in [-0.39, 0.29) is 17.2 Å². The van der Waals surface area contributed by atoms with Crippen LogP contribution >= 0.6 is 0 Å². The maximum absolute atomic E-state index is 11.4. The highest BCUT2D eigenvalue weighted by Crippen LogP contribution is 2.30. The molecule has 0 saturated carbocycles. The minimum absolute atomic E-state index is 0.0396. The van der Waals surface area contributed by atoms with E-state index in [1.165, 1.54) is 19.2 Å². The lowest BCUT2D eigenvalue weighted by Crippen LogP contribution is -2.41. The third kappa shape index (κ3) is 4.97. The Morgan fingerprint density at radius 3 is 2.62 bits per heavy atom. The fraction of sp³-hybridized carbons (Fsp3) is 0.333. The Balaban J connectivity index is 2.69. The third-order valence-corrected chi connectivity index (χ3v) is 2.31. The maximum Gasteiger partial charge on any atom is 0.321 e. The molecule has 9 heteroatoms. The molecule has 0 aromatic heterocycles. The standard InChI is InChI=1S/C12H15N3O6/c1-3-13-12(17)14-11(16)7-21-10-6-8(15(18)19)4-5-9(10)20-2/h4-6H,3,7H2,1-2H3,(H2,13,14,16,17). The molecule has 0 bridgehead atoms. The molecule has 0 aliphatic carbocycles. The molecule has 0 spiro atoms. The van der Waals surface area contributed by atoms with Crippen LogP contribution in [0.5, 0.6) is 11.5 Å². The SMILES string of the molecule is CCNC(=O)NC(=O)COc1cc([N+](=O)[O-])ccc1OC. The maximum atomic E-state index is 11.4. The minimum atomic E-state index is -0.686. The number of ether oxygens (including phenoxy) is 2. The third-order valence-electron chi connectivity index (χ3n) is 2.31. The number of nitro benzene ring substituents is 1. The lowest BCUT2D eigenvalue weighted by molar-refractivity contribution is -0.385. The largest absolute Gasteiger partial charge is 0.493 e. The fourth-order valence-electron chi connectivity index (χ4n) is 1.40. The first-order chi connectivity index (χ1) is 9.97. The monoisotopic (exact) mass is 297 g/mol. The quantitative estimate of drug-likeness (QED) is 0.592. The van der Waals surface area contributed by atoms with Gasteiger partial charge in [0.05, 0.1) is 18.1 Å². The van der Waals surface area contributed by atoms with E-state index >= 15 is 0 Å². The van der Waals surface area contributed by atoms with Crippen molar-refractivity contribution in [2.75, 3.05) is 20.3 Å². The van der Waals surface area contributed by atoms with Gasteiger partial charge in [-0.3, -0.25) is 20.2 Å². The van der Waals surface area contributed by atoms with Gasteiger partial charge in [-0.15, -0.1) is 0 Å². The van der Waals surface area contributed by atoms with Gasteiger partial charge in [0.1, 0.15) is 0 Å². The second-order valence-corrected chi connectivity index (χ2v) is 3.79. The van der Waals surface area contributed by atoms with E-state index < -0.39 is 23.5 Å². The van der Waals surface area contributed by atoms with Crippen molar-refractivity contribution in [3.63, 3.8) is 0 Å². The molecule has 0 heterocycles. The summed E-state index contributed by atoms with van der Waals surface area (Å²) in [5.74, 6) is -0.404. The van der Waals surface area contributed by atoms with Gasteiger partial charge in [-0.1, -0.05) is 0 Å². The molecule has 0 aliphatic rings. The van der Waals surface area contributed by atoms with Crippen molar-refractivity contribution in [3.05, 3.63) is 28.3 Å². The zero-order chi connectivity index (χ0) is 15.8. The fourth-order valence-corrected chi connectivity index (χ4v) is 1.40. The number of non-ortho nitro benzene ring substituents is 1. The summed E-state index contributed by atoms with van der Waals surface area (Å²) in [7, 11) is 1.36. The first-order valence-corrected chi connectivity index (χ1v) is 6.00. The predicted octanol–water partition coefficient (Wildman–Crippen LogP) is 0.828. The van der Waals surface area contributed by atoms with Gasteiger partial charge in [0.2, 0.25) is 0 Å². The van der Waals surface area contributed by atoms with E-state index in [9.17, 15) is 19.7 Å². The number of nitrogens with one attached hydrogen (secondary N) is 2. The van der Waals surface area contributed by atoms with Crippen molar-refractivity contribution < 1.29 is 24.0 Å². The van der Waals surface area contributed by atoms with Gasteiger partial charge in [0.25, 0.3) is 11.6 Å². The summed E-state index contributed by atoms with van der Waals surface area (Å²) in [4.78, 5) is 32.7. The number of urea groups is 1. The molecule has 0 aliphatic heterocycles. The number of hydrogen-bond donors (Lipinski definition) is 2. The van der Waals surface area contributed by atoms with Crippen LogP contribution in [0.1, 0.15) is 6.92 Å². The summed E-state index contributed by atoms with van der Waals surface area (Å²) >= 11 is 0. The van der Waals surface area contributed by atoms with Crippen LogP contribution in [0.4, 0.5) is 10.5 Å². The predicted molar refractivity (Wildman–Crippen MR) is 72.4 cm³/mol. The van der Waals surface area contributed by atoms with Crippen molar-refractivity contribution in [1.29, 1.82) is 0 Å². The number of hydrogen-bond acceptors (Lipinski definition) is 6.